The Bertz CT molecular complexity index is 1110. The number of aromatic amines is 1. The van der Waals surface area contributed by atoms with Crippen LogP contribution in [0.25, 0.3) is 10.8 Å². The summed E-state index contributed by atoms with van der Waals surface area (Å²) in [6.45, 7) is 4.66. The van der Waals surface area contributed by atoms with Crippen molar-refractivity contribution in [2.45, 2.75) is 33.1 Å². The molecule has 0 aliphatic carbocycles. The summed E-state index contributed by atoms with van der Waals surface area (Å²) in [6, 6.07) is 8.87. The largest absolute Gasteiger partial charge is 0.368 e. The van der Waals surface area contributed by atoms with Crippen molar-refractivity contribution in [1.82, 2.24) is 20.7 Å². The van der Waals surface area contributed by atoms with Gasteiger partial charge >= 0.3 is 0 Å². The number of hydrogen-bond acceptors (Lipinski definition) is 7. The van der Waals surface area contributed by atoms with Gasteiger partial charge in [-0.3, -0.25) is 14.4 Å². The van der Waals surface area contributed by atoms with Crippen LogP contribution in [-0.4, -0.2) is 40.3 Å². The third-order valence-corrected chi connectivity index (χ3v) is 4.63. The van der Waals surface area contributed by atoms with Crippen LogP contribution in [0.5, 0.6) is 0 Å². The number of benzene rings is 1. The SMILES string of the molecule is Cc1cc(NC(=O)CC(C)CC(=O)NCCCNc2n[nH]c(=O)c3ccccc23)no1. The van der Waals surface area contributed by atoms with Crippen molar-refractivity contribution < 1.29 is 14.1 Å². The van der Waals surface area contributed by atoms with Crippen LogP contribution < -0.4 is 21.5 Å². The molecule has 1 aromatic carbocycles. The van der Waals surface area contributed by atoms with Crippen LogP contribution in [0.4, 0.5) is 11.6 Å². The van der Waals surface area contributed by atoms with Gasteiger partial charge in [0.05, 0.1) is 5.39 Å². The standard InChI is InChI=1S/C21H26N6O4/c1-13(11-19(29)24-17-12-14(2)31-27-17)10-18(28)22-8-5-9-23-20-15-6-3-4-7-16(15)21(30)26-25-20/h3-4,6-7,12-13H,5,8-11H2,1-2H3,(H,22,28)(H,23,25)(H,26,30)(H,24,27,29). The normalized spacial score (nSPS) is 11.8. The zero-order chi connectivity index (χ0) is 22.2. The number of aryl methyl sites for hydroxylation is 1. The van der Waals surface area contributed by atoms with Crippen molar-refractivity contribution >= 4 is 34.2 Å². The van der Waals surface area contributed by atoms with E-state index in [4.69, 9.17) is 4.52 Å². The molecule has 0 saturated heterocycles. The quantitative estimate of drug-likeness (QED) is 0.364. The number of anilines is 2. The summed E-state index contributed by atoms with van der Waals surface area (Å²) in [5.41, 5.74) is -0.229. The van der Waals surface area contributed by atoms with Crippen LogP contribution in [0.1, 0.15) is 31.9 Å². The van der Waals surface area contributed by atoms with E-state index in [0.29, 0.717) is 42.3 Å². The van der Waals surface area contributed by atoms with Gasteiger partial charge in [-0.25, -0.2) is 5.10 Å². The molecule has 2 aromatic heterocycles. The molecular formula is C21H26N6O4. The fraction of sp³-hybridized carbons (Fsp3) is 0.381. The molecule has 0 aliphatic rings. The second kappa shape index (κ2) is 10.4. The summed E-state index contributed by atoms with van der Waals surface area (Å²) in [7, 11) is 0. The summed E-state index contributed by atoms with van der Waals surface area (Å²) in [5, 5.41) is 20.3. The second-order valence-electron chi connectivity index (χ2n) is 7.46. The van der Waals surface area contributed by atoms with E-state index in [-0.39, 0.29) is 36.1 Å². The Morgan fingerprint density at radius 1 is 1.13 bits per heavy atom. The van der Waals surface area contributed by atoms with E-state index in [9.17, 15) is 14.4 Å². The molecular weight excluding hydrogens is 400 g/mol. The van der Waals surface area contributed by atoms with Crippen LogP contribution in [0.3, 0.4) is 0 Å². The lowest BCUT2D eigenvalue weighted by Crippen LogP contribution is -2.28. The molecule has 2 amide bonds. The molecule has 0 radical (unpaired) electrons. The molecule has 164 valence electrons. The van der Waals surface area contributed by atoms with Gasteiger partial charge in [0, 0.05) is 37.4 Å². The highest BCUT2D eigenvalue weighted by Crippen LogP contribution is 2.16. The minimum absolute atomic E-state index is 0.106. The number of hydrogen-bond donors (Lipinski definition) is 4. The number of nitrogens with zero attached hydrogens (tertiary/aromatic N) is 2. The molecule has 0 spiro atoms. The second-order valence-corrected chi connectivity index (χ2v) is 7.46. The summed E-state index contributed by atoms with van der Waals surface area (Å²) in [5.74, 6) is 1.16. The third-order valence-electron chi connectivity index (χ3n) is 4.63. The summed E-state index contributed by atoms with van der Waals surface area (Å²) in [4.78, 5) is 35.9. The van der Waals surface area contributed by atoms with Crippen molar-refractivity contribution in [2.24, 2.45) is 5.92 Å². The minimum atomic E-state index is -0.229. The fourth-order valence-corrected chi connectivity index (χ4v) is 3.17. The molecule has 1 atom stereocenters. The van der Waals surface area contributed by atoms with Crippen molar-refractivity contribution in [3.8, 4) is 0 Å². The van der Waals surface area contributed by atoms with E-state index < -0.39 is 0 Å². The van der Waals surface area contributed by atoms with Gasteiger partial charge in [0.15, 0.2) is 11.6 Å². The first-order chi connectivity index (χ1) is 14.9. The van der Waals surface area contributed by atoms with Gasteiger partial charge < -0.3 is 20.5 Å². The highest BCUT2D eigenvalue weighted by molar-refractivity contribution is 5.91. The molecule has 10 heteroatoms. The fourth-order valence-electron chi connectivity index (χ4n) is 3.17. The lowest BCUT2D eigenvalue weighted by Gasteiger charge is -2.12. The van der Waals surface area contributed by atoms with E-state index in [1.807, 2.05) is 19.1 Å². The van der Waals surface area contributed by atoms with Crippen LogP contribution in [-0.2, 0) is 9.59 Å². The first kappa shape index (κ1) is 22.0. The Morgan fingerprint density at radius 2 is 1.87 bits per heavy atom. The zero-order valence-corrected chi connectivity index (χ0v) is 17.5. The van der Waals surface area contributed by atoms with Gasteiger partial charge in [0.25, 0.3) is 5.56 Å². The molecule has 4 N–H and O–H groups in total. The highest BCUT2D eigenvalue weighted by atomic mass is 16.5. The minimum Gasteiger partial charge on any atom is -0.368 e. The van der Waals surface area contributed by atoms with Crippen molar-refractivity contribution in [3.05, 3.63) is 46.4 Å². The maximum absolute atomic E-state index is 12.1. The number of rotatable bonds is 10. The molecule has 10 nitrogen and oxygen atoms in total. The lowest BCUT2D eigenvalue weighted by molar-refractivity contribution is -0.122. The Labute approximate surface area is 178 Å². The molecule has 0 aliphatic heterocycles. The highest BCUT2D eigenvalue weighted by Gasteiger charge is 2.14. The van der Waals surface area contributed by atoms with Crippen LogP contribution in [0, 0.1) is 12.8 Å². The maximum Gasteiger partial charge on any atom is 0.272 e. The van der Waals surface area contributed by atoms with Gasteiger partial charge in [0.2, 0.25) is 11.8 Å². The van der Waals surface area contributed by atoms with Crippen molar-refractivity contribution in [1.29, 1.82) is 0 Å². The van der Waals surface area contributed by atoms with Gasteiger partial charge in [-0.05, 0) is 25.3 Å². The average Bonchev–Trinajstić information content (AvgIpc) is 3.13. The lowest BCUT2D eigenvalue weighted by atomic mass is 10.0. The van der Waals surface area contributed by atoms with E-state index in [1.54, 1.807) is 25.1 Å². The number of fused-ring (bicyclic) bond motifs is 1. The third kappa shape index (κ3) is 6.39. The van der Waals surface area contributed by atoms with E-state index >= 15 is 0 Å². The Balaban J connectivity index is 1.34. The van der Waals surface area contributed by atoms with Crippen LogP contribution in [0.15, 0.2) is 39.6 Å². The number of nitrogens with one attached hydrogen (secondary N) is 4. The number of amides is 2. The van der Waals surface area contributed by atoms with Gasteiger partial charge in [0.1, 0.15) is 5.76 Å². The van der Waals surface area contributed by atoms with E-state index in [1.165, 1.54) is 0 Å². The van der Waals surface area contributed by atoms with Crippen LogP contribution in [0.2, 0.25) is 0 Å². The monoisotopic (exact) mass is 426 g/mol. The van der Waals surface area contributed by atoms with Crippen molar-refractivity contribution in [2.75, 3.05) is 23.7 Å². The molecule has 2 heterocycles. The molecule has 0 saturated carbocycles. The topological polar surface area (TPSA) is 142 Å². The van der Waals surface area contributed by atoms with Gasteiger partial charge in [-0.15, -0.1) is 0 Å². The maximum atomic E-state index is 12.1. The molecule has 0 bridgehead atoms. The molecule has 0 fully saturated rings. The summed E-state index contributed by atoms with van der Waals surface area (Å²) in [6.07, 6.45) is 1.15. The van der Waals surface area contributed by atoms with Gasteiger partial charge in [-0.2, -0.15) is 5.10 Å². The molecule has 31 heavy (non-hydrogen) atoms. The average molecular weight is 426 g/mol. The summed E-state index contributed by atoms with van der Waals surface area (Å²) < 4.78 is 4.90. The van der Waals surface area contributed by atoms with Crippen LogP contribution >= 0.6 is 0 Å². The number of H-pyrrole nitrogens is 1. The number of carbonyl (C=O) groups excluding carboxylic acids is 2. The van der Waals surface area contributed by atoms with Gasteiger partial charge in [-0.1, -0.05) is 30.3 Å². The van der Waals surface area contributed by atoms with Crippen molar-refractivity contribution in [3.63, 3.8) is 0 Å². The zero-order valence-electron chi connectivity index (χ0n) is 17.5. The Hall–Kier alpha value is -3.69. The predicted octanol–water partition coefficient (Wildman–Crippen LogP) is 2.19. The van der Waals surface area contributed by atoms with E-state index in [0.717, 1.165) is 5.39 Å². The predicted molar refractivity (Wildman–Crippen MR) is 117 cm³/mol. The number of aromatic nitrogens is 3. The summed E-state index contributed by atoms with van der Waals surface area (Å²) >= 11 is 0. The first-order valence-corrected chi connectivity index (χ1v) is 10.1. The Morgan fingerprint density at radius 3 is 2.61 bits per heavy atom. The number of carbonyl (C=O) groups is 2. The van der Waals surface area contributed by atoms with E-state index in [2.05, 4.69) is 31.3 Å². The molecule has 3 aromatic rings. The smallest absolute Gasteiger partial charge is 0.272 e. The first-order valence-electron chi connectivity index (χ1n) is 10.1. The Kier molecular flexibility index (Phi) is 7.36. The molecule has 3 rings (SSSR count). The molecule has 1 unspecified atom stereocenters.